The van der Waals surface area contributed by atoms with E-state index in [0.717, 1.165) is 10.3 Å². The molecule has 1 aliphatic rings. The van der Waals surface area contributed by atoms with E-state index < -0.39 is 72.9 Å². The summed E-state index contributed by atoms with van der Waals surface area (Å²) >= 11 is 0. The van der Waals surface area contributed by atoms with Gasteiger partial charge in [-0.2, -0.15) is 13.6 Å². The second kappa shape index (κ2) is 21.9. The largest absolute Gasteiger partial charge is 0.491 e. The third-order valence-electron chi connectivity index (χ3n) is 7.10. The second-order valence-electron chi connectivity index (χ2n) is 11.6. The van der Waals surface area contributed by atoms with Crippen molar-refractivity contribution in [3.05, 3.63) is 74.8 Å². The number of amides is 2. The Morgan fingerprint density at radius 3 is 2.57 bits per heavy atom. The van der Waals surface area contributed by atoms with E-state index in [1.807, 2.05) is 0 Å². The number of azide groups is 1. The Balaban J connectivity index is 1.53. The van der Waals surface area contributed by atoms with Gasteiger partial charge in [-0.05, 0) is 30.7 Å². The number of phosphoric ester groups is 1. The zero-order valence-corrected chi connectivity index (χ0v) is 33.3. The van der Waals surface area contributed by atoms with E-state index in [1.54, 1.807) is 25.1 Å². The molecule has 4 unspecified atom stereocenters. The van der Waals surface area contributed by atoms with Crippen LogP contribution in [0.15, 0.2) is 52.6 Å². The maximum atomic E-state index is 12.7. The van der Waals surface area contributed by atoms with Crippen molar-refractivity contribution < 1.29 is 75.0 Å². The standard InChI is InChI=1S/C29H40N9O17P3/c1-18(2)32-10-11-34-28(40)19-6-4-8-21(12-19)50-17-25(36-37-31)51-16-24(39)33-9-5-7-20-14-38(29(41)35-27(20)30)26-13-22(49-3)23(53-26)15-52-57(45,46)55-58(47,48)54-56(42,43)44/h4,6,8,12,14,22-23,25-26,32H,1,9-11,13,15-17H2,2-3H3,(H,33,39)(H,34,40)(H,45,46)(H,47,48)(H2,30,35,41)(H2,42,43,44)/t22-,23?,25?,26+/m0/s1. The Morgan fingerprint density at radius 2 is 1.90 bits per heavy atom. The number of aromatic nitrogens is 2. The van der Waals surface area contributed by atoms with Crippen LogP contribution in [0.2, 0.25) is 0 Å². The predicted molar refractivity (Wildman–Crippen MR) is 198 cm³/mol. The van der Waals surface area contributed by atoms with Crippen LogP contribution in [0.4, 0.5) is 5.82 Å². The molecule has 1 aromatic carbocycles. The minimum Gasteiger partial charge on any atom is -0.491 e. The molecule has 2 amide bonds. The molecule has 1 aliphatic heterocycles. The Kier molecular flexibility index (Phi) is 18.0. The quantitative estimate of drug-likeness (QED) is 0.0200. The Bertz CT molecular complexity index is 2120. The molecule has 0 bridgehead atoms. The molecule has 1 aromatic heterocycles. The Morgan fingerprint density at radius 1 is 1.17 bits per heavy atom. The summed E-state index contributed by atoms with van der Waals surface area (Å²) < 4.78 is 69.5. The van der Waals surface area contributed by atoms with Gasteiger partial charge in [0, 0.05) is 49.0 Å². The van der Waals surface area contributed by atoms with Crippen molar-refractivity contribution in [3.8, 4) is 17.6 Å². The van der Waals surface area contributed by atoms with Gasteiger partial charge in [-0.25, -0.2) is 18.5 Å². The highest BCUT2D eigenvalue weighted by molar-refractivity contribution is 7.66. The van der Waals surface area contributed by atoms with Crippen molar-refractivity contribution in [1.82, 2.24) is 25.5 Å². The van der Waals surface area contributed by atoms with E-state index in [-0.39, 0.29) is 42.6 Å². The molecule has 6 atom stereocenters. The SMILES string of the molecule is C=C(C)NCCNC(=O)c1cccc(OCC(N=[N+]=[N-])OCC(=O)NCC#Cc2cn([C@H]3C[C@H](OC)C(COP(=O)(O)OP(=O)(O)OP(=O)(O)O)O3)c(=O)nc2N)c1. The summed E-state index contributed by atoms with van der Waals surface area (Å²) in [6.07, 6.45) is -3.32. The predicted octanol–water partition coefficient (Wildman–Crippen LogP) is 0.524. The van der Waals surface area contributed by atoms with Crippen molar-refractivity contribution in [2.75, 3.05) is 52.3 Å². The van der Waals surface area contributed by atoms with Gasteiger partial charge < -0.3 is 60.2 Å². The topological polar surface area (TPSA) is 377 Å². The number of benzene rings is 1. The number of hydrogen-bond donors (Lipinski definition) is 8. The summed E-state index contributed by atoms with van der Waals surface area (Å²) in [5.74, 6) is 4.27. The summed E-state index contributed by atoms with van der Waals surface area (Å²) in [4.78, 5) is 80.4. The lowest BCUT2D eigenvalue weighted by Gasteiger charge is -2.20. The highest BCUT2D eigenvalue weighted by Crippen LogP contribution is 2.66. The number of ether oxygens (including phenoxy) is 4. The first kappa shape index (κ1) is 47.7. The van der Waals surface area contributed by atoms with Crippen LogP contribution >= 0.6 is 23.5 Å². The number of carbonyl (C=O) groups is 2. The zero-order chi connectivity index (χ0) is 43.1. The number of carbonyl (C=O) groups excluding carboxylic acids is 2. The number of rotatable bonds is 22. The number of hydrogen-bond acceptors (Lipinski definition) is 17. The molecule has 58 heavy (non-hydrogen) atoms. The van der Waals surface area contributed by atoms with Gasteiger partial charge in [0.1, 0.15) is 37.1 Å². The molecular weight excluding hydrogens is 839 g/mol. The lowest BCUT2D eigenvalue weighted by molar-refractivity contribution is -0.127. The summed E-state index contributed by atoms with van der Waals surface area (Å²) in [7, 11) is -15.6. The van der Waals surface area contributed by atoms with Crippen molar-refractivity contribution in [2.45, 2.75) is 38.0 Å². The van der Waals surface area contributed by atoms with Crippen molar-refractivity contribution in [3.63, 3.8) is 0 Å². The van der Waals surface area contributed by atoms with Crippen LogP contribution in [-0.4, -0.2) is 106 Å². The second-order valence-corrected chi connectivity index (χ2v) is 16.0. The molecule has 0 saturated carbocycles. The maximum Gasteiger partial charge on any atom is 0.490 e. The highest BCUT2D eigenvalue weighted by atomic mass is 31.3. The molecule has 2 heterocycles. The first-order chi connectivity index (χ1) is 27.2. The average molecular weight is 880 g/mol. The number of nitrogens with one attached hydrogen (secondary N) is 3. The summed E-state index contributed by atoms with van der Waals surface area (Å²) in [5.41, 5.74) is 15.0. The van der Waals surface area contributed by atoms with Crippen LogP contribution in [0.1, 0.15) is 35.5 Å². The van der Waals surface area contributed by atoms with Gasteiger partial charge in [0.25, 0.3) is 5.91 Å². The van der Waals surface area contributed by atoms with Gasteiger partial charge in [0.05, 0.1) is 24.8 Å². The first-order valence-electron chi connectivity index (χ1n) is 16.4. The maximum absolute atomic E-state index is 12.7. The molecule has 1 fully saturated rings. The number of nitrogen functional groups attached to an aromatic ring is 1. The molecule has 2 aromatic rings. The number of allylic oxidation sites excluding steroid dienone is 1. The molecular formula is C29H40N9O17P3. The van der Waals surface area contributed by atoms with Gasteiger partial charge in [-0.3, -0.25) is 18.7 Å². The van der Waals surface area contributed by atoms with Crippen LogP contribution in [-0.2, 0) is 45.8 Å². The van der Waals surface area contributed by atoms with Gasteiger partial charge >= 0.3 is 29.2 Å². The van der Waals surface area contributed by atoms with E-state index in [2.05, 4.69) is 62.5 Å². The number of nitrogens with zero attached hydrogens (tertiary/aromatic N) is 5. The van der Waals surface area contributed by atoms with Gasteiger partial charge in [-0.15, -0.1) is 0 Å². The molecule has 0 spiro atoms. The number of anilines is 1. The number of methoxy groups -OCH3 is 1. The van der Waals surface area contributed by atoms with Crippen LogP contribution in [0.25, 0.3) is 10.4 Å². The first-order valence-corrected chi connectivity index (χ1v) is 20.9. The molecule has 9 N–H and O–H groups in total. The molecule has 3 rings (SSSR count). The van der Waals surface area contributed by atoms with Crippen molar-refractivity contribution in [1.29, 1.82) is 0 Å². The normalized spacial score (nSPS) is 18.9. The van der Waals surface area contributed by atoms with E-state index >= 15 is 0 Å². The highest BCUT2D eigenvalue weighted by Gasteiger charge is 2.43. The summed E-state index contributed by atoms with van der Waals surface area (Å²) in [5, 5.41) is 11.7. The van der Waals surface area contributed by atoms with Gasteiger partial charge in [0.15, 0.2) is 6.23 Å². The van der Waals surface area contributed by atoms with Crippen molar-refractivity contribution in [2.24, 2.45) is 5.11 Å². The monoisotopic (exact) mass is 879 g/mol. The smallest absolute Gasteiger partial charge is 0.490 e. The third-order valence-corrected chi connectivity index (χ3v) is 10.9. The van der Waals surface area contributed by atoms with Gasteiger partial charge in [0.2, 0.25) is 5.91 Å². The molecule has 0 radical (unpaired) electrons. The zero-order valence-electron chi connectivity index (χ0n) is 30.6. The fourth-order valence-electron chi connectivity index (χ4n) is 4.65. The van der Waals surface area contributed by atoms with Gasteiger partial charge in [-0.1, -0.05) is 29.6 Å². The third kappa shape index (κ3) is 16.7. The van der Waals surface area contributed by atoms with E-state index in [1.165, 1.54) is 19.4 Å². The fourth-order valence-corrected chi connectivity index (χ4v) is 7.68. The lowest BCUT2D eigenvalue weighted by Crippen LogP contribution is -2.31. The molecule has 0 aliphatic carbocycles. The Labute approximate surface area is 329 Å². The minimum atomic E-state index is -5.76. The molecule has 1 saturated heterocycles. The number of nitrogens with two attached hydrogens (primary N) is 1. The van der Waals surface area contributed by atoms with Crippen LogP contribution in [0.5, 0.6) is 5.75 Å². The van der Waals surface area contributed by atoms with E-state index in [0.29, 0.717) is 18.7 Å². The van der Waals surface area contributed by atoms with Crippen molar-refractivity contribution >= 4 is 41.1 Å². The molecule has 29 heteroatoms. The van der Waals surface area contributed by atoms with Crippen LogP contribution in [0.3, 0.4) is 0 Å². The minimum absolute atomic E-state index is 0.0290. The summed E-state index contributed by atoms with van der Waals surface area (Å²) in [6, 6.07) is 6.23. The van der Waals surface area contributed by atoms with E-state index in [9.17, 15) is 37.9 Å². The average Bonchev–Trinajstić information content (AvgIpc) is 3.54. The molecule has 26 nitrogen and oxygen atoms in total. The Hall–Kier alpha value is -4.66. The summed E-state index contributed by atoms with van der Waals surface area (Å²) in [6.45, 7) is 4.42. The van der Waals surface area contributed by atoms with Crippen LogP contribution < -0.4 is 32.1 Å². The molecule has 318 valence electrons. The lowest BCUT2D eigenvalue weighted by atomic mass is 10.2. The fraction of sp³-hybridized carbons (Fsp3) is 0.448. The number of phosphoric acid groups is 3. The van der Waals surface area contributed by atoms with Crippen LogP contribution in [0, 0.1) is 11.8 Å². The van der Waals surface area contributed by atoms with E-state index in [4.69, 9.17) is 40.0 Å².